The van der Waals surface area contributed by atoms with Gasteiger partial charge in [-0.15, -0.1) is 11.6 Å². The van der Waals surface area contributed by atoms with Gasteiger partial charge in [0.1, 0.15) is 13.2 Å². The van der Waals surface area contributed by atoms with Crippen LogP contribution in [-0.4, -0.2) is 32.0 Å². The lowest BCUT2D eigenvalue weighted by atomic mass is 10.2. The van der Waals surface area contributed by atoms with E-state index >= 15 is 0 Å². The van der Waals surface area contributed by atoms with Crippen LogP contribution in [0.4, 0.5) is 5.69 Å². The molecule has 4 nitrogen and oxygen atoms in total. The average Bonchev–Trinajstić information content (AvgIpc) is 2.37. The van der Waals surface area contributed by atoms with Crippen LogP contribution in [0.25, 0.3) is 0 Å². The van der Waals surface area contributed by atoms with Crippen molar-refractivity contribution in [3.05, 3.63) is 18.2 Å². The van der Waals surface area contributed by atoms with E-state index < -0.39 is 0 Å². The number of fused-ring (bicyclic) bond motifs is 1. The molecule has 0 saturated heterocycles. The van der Waals surface area contributed by atoms with E-state index in [4.69, 9.17) is 21.1 Å². The first-order valence-electron chi connectivity index (χ1n) is 5.44. The highest BCUT2D eigenvalue weighted by Crippen LogP contribution is 2.33. The summed E-state index contributed by atoms with van der Waals surface area (Å²) < 4.78 is 10.9. The topological polar surface area (TPSA) is 38.8 Å². The van der Waals surface area contributed by atoms with E-state index in [1.54, 1.807) is 18.0 Å². The number of ether oxygens (including phenoxy) is 2. The highest BCUT2D eigenvalue weighted by atomic mass is 35.5. The number of benzene rings is 1. The summed E-state index contributed by atoms with van der Waals surface area (Å²) in [5, 5.41) is 0. The summed E-state index contributed by atoms with van der Waals surface area (Å²) in [6, 6.07) is 5.45. The summed E-state index contributed by atoms with van der Waals surface area (Å²) in [4.78, 5) is 13.3. The molecule has 0 atom stereocenters. The lowest BCUT2D eigenvalue weighted by Gasteiger charge is -2.22. The molecular formula is C12H14ClNO3. The van der Waals surface area contributed by atoms with Crippen LogP contribution < -0.4 is 14.4 Å². The van der Waals surface area contributed by atoms with Crippen molar-refractivity contribution in [2.75, 3.05) is 31.0 Å². The van der Waals surface area contributed by atoms with Gasteiger partial charge in [0.25, 0.3) is 0 Å². The number of rotatable bonds is 3. The number of alkyl halides is 1. The molecule has 17 heavy (non-hydrogen) atoms. The van der Waals surface area contributed by atoms with Crippen molar-refractivity contribution in [1.29, 1.82) is 0 Å². The zero-order valence-electron chi connectivity index (χ0n) is 9.61. The van der Waals surface area contributed by atoms with Gasteiger partial charge in [0.15, 0.2) is 11.5 Å². The Hall–Kier alpha value is -1.42. The van der Waals surface area contributed by atoms with Crippen molar-refractivity contribution in [2.45, 2.75) is 6.42 Å². The van der Waals surface area contributed by atoms with Crippen molar-refractivity contribution < 1.29 is 14.3 Å². The van der Waals surface area contributed by atoms with Gasteiger partial charge in [0.2, 0.25) is 5.91 Å². The first kappa shape index (κ1) is 12.0. The molecule has 0 saturated carbocycles. The van der Waals surface area contributed by atoms with Crippen LogP contribution in [0, 0.1) is 0 Å². The number of anilines is 1. The number of carbonyl (C=O) groups excluding carboxylic acids is 1. The maximum absolute atomic E-state index is 11.7. The first-order chi connectivity index (χ1) is 8.22. The minimum atomic E-state index is -0.0170. The third-order valence-electron chi connectivity index (χ3n) is 2.60. The van der Waals surface area contributed by atoms with Crippen molar-refractivity contribution >= 4 is 23.2 Å². The second-order valence-corrected chi connectivity index (χ2v) is 4.10. The second-order valence-electron chi connectivity index (χ2n) is 3.72. The van der Waals surface area contributed by atoms with Gasteiger partial charge < -0.3 is 14.4 Å². The lowest BCUT2D eigenvalue weighted by Crippen LogP contribution is -2.26. The summed E-state index contributed by atoms with van der Waals surface area (Å²) in [5.41, 5.74) is 0.782. The van der Waals surface area contributed by atoms with E-state index in [1.165, 1.54) is 0 Å². The molecule has 5 heteroatoms. The fourth-order valence-corrected chi connectivity index (χ4v) is 1.79. The van der Waals surface area contributed by atoms with Gasteiger partial charge in [0.05, 0.1) is 0 Å². The zero-order chi connectivity index (χ0) is 12.3. The Bertz CT molecular complexity index is 422. The van der Waals surface area contributed by atoms with E-state index in [0.717, 1.165) is 11.4 Å². The quantitative estimate of drug-likeness (QED) is 0.776. The standard InChI is InChI=1S/C12H14ClNO3/c1-14(12(15)4-5-13)9-2-3-10-11(8-9)17-7-6-16-10/h2-3,8H,4-7H2,1H3. The molecule has 0 unspecified atom stereocenters. The Kier molecular flexibility index (Phi) is 3.74. The molecule has 0 fully saturated rings. The van der Waals surface area contributed by atoms with Gasteiger partial charge in [-0.2, -0.15) is 0 Å². The van der Waals surface area contributed by atoms with Gasteiger partial charge >= 0.3 is 0 Å². The molecular weight excluding hydrogens is 242 g/mol. The smallest absolute Gasteiger partial charge is 0.227 e. The third-order valence-corrected chi connectivity index (χ3v) is 2.78. The van der Waals surface area contributed by atoms with Crippen LogP contribution >= 0.6 is 11.6 Å². The Morgan fingerprint density at radius 1 is 1.35 bits per heavy atom. The molecule has 0 spiro atoms. The molecule has 0 aliphatic carbocycles. The van der Waals surface area contributed by atoms with Crippen LogP contribution in [0.5, 0.6) is 11.5 Å². The molecule has 0 bridgehead atoms. The number of nitrogens with zero attached hydrogens (tertiary/aromatic N) is 1. The van der Waals surface area contributed by atoms with E-state index in [1.807, 2.05) is 12.1 Å². The summed E-state index contributed by atoms with van der Waals surface area (Å²) in [6.45, 7) is 1.10. The Balaban J connectivity index is 2.18. The SMILES string of the molecule is CN(C(=O)CCCl)c1ccc2c(c1)OCCO2. The molecule has 1 aromatic rings. The van der Waals surface area contributed by atoms with Crippen LogP contribution in [0.15, 0.2) is 18.2 Å². The molecule has 0 N–H and O–H groups in total. The largest absolute Gasteiger partial charge is 0.486 e. The molecule has 1 aliphatic rings. The van der Waals surface area contributed by atoms with Gasteiger partial charge in [-0.25, -0.2) is 0 Å². The normalized spacial score (nSPS) is 13.3. The highest BCUT2D eigenvalue weighted by molar-refractivity contribution is 6.19. The fourth-order valence-electron chi connectivity index (χ4n) is 1.63. The Labute approximate surface area is 105 Å². The molecule has 1 aliphatic heterocycles. The third kappa shape index (κ3) is 2.64. The molecule has 92 valence electrons. The maximum Gasteiger partial charge on any atom is 0.227 e. The molecule has 0 radical (unpaired) electrons. The predicted molar refractivity (Wildman–Crippen MR) is 66.2 cm³/mol. The van der Waals surface area contributed by atoms with Gasteiger partial charge in [0, 0.05) is 31.1 Å². The molecule has 2 rings (SSSR count). The predicted octanol–water partition coefficient (Wildman–Crippen LogP) is 2.05. The summed E-state index contributed by atoms with van der Waals surface area (Å²) in [5.74, 6) is 1.71. The summed E-state index contributed by atoms with van der Waals surface area (Å²) >= 11 is 5.55. The van der Waals surface area contributed by atoms with Crippen LogP contribution in [0.1, 0.15) is 6.42 Å². The molecule has 1 aromatic carbocycles. The van der Waals surface area contributed by atoms with E-state index in [9.17, 15) is 4.79 Å². The lowest BCUT2D eigenvalue weighted by molar-refractivity contribution is -0.117. The van der Waals surface area contributed by atoms with Gasteiger partial charge in [-0.05, 0) is 12.1 Å². The van der Waals surface area contributed by atoms with E-state index in [-0.39, 0.29) is 5.91 Å². The number of hydrogen-bond acceptors (Lipinski definition) is 3. The second kappa shape index (κ2) is 5.27. The maximum atomic E-state index is 11.7. The van der Waals surface area contributed by atoms with Crippen LogP contribution in [0.3, 0.4) is 0 Å². The Morgan fingerprint density at radius 2 is 2.06 bits per heavy atom. The summed E-state index contributed by atoms with van der Waals surface area (Å²) in [7, 11) is 1.72. The Morgan fingerprint density at radius 3 is 2.76 bits per heavy atom. The van der Waals surface area contributed by atoms with Crippen molar-refractivity contribution in [2.24, 2.45) is 0 Å². The molecule has 1 amide bonds. The zero-order valence-corrected chi connectivity index (χ0v) is 10.4. The number of halogens is 1. The van der Waals surface area contributed by atoms with Crippen molar-refractivity contribution in [3.63, 3.8) is 0 Å². The highest BCUT2D eigenvalue weighted by Gasteiger charge is 2.15. The van der Waals surface area contributed by atoms with Crippen LogP contribution in [0.2, 0.25) is 0 Å². The van der Waals surface area contributed by atoms with E-state index in [0.29, 0.717) is 31.3 Å². The molecule has 0 aromatic heterocycles. The monoisotopic (exact) mass is 255 g/mol. The van der Waals surface area contributed by atoms with Crippen LogP contribution in [-0.2, 0) is 4.79 Å². The van der Waals surface area contributed by atoms with Crippen molar-refractivity contribution in [1.82, 2.24) is 0 Å². The number of hydrogen-bond donors (Lipinski definition) is 0. The fraction of sp³-hybridized carbons (Fsp3) is 0.417. The van der Waals surface area contributed by atoms with Gasteiger partial charge in [-0.1, -0.05) is 0 Å². The number of carbonyl (C=O) groups is 1. The van der Waals surface area contributed by atoms with Crippen molar-refractivity contribution in [3.8, 4) is 11.5 Å². The average molecular weight is 256 g/mol. The number of amides is 1. The minimum absolute atomic E-state index is 0.0170. The first-order valence-corrected chi connectivity index (χ1v) is 5.98. The minimum Gasteiger partial charge on any atom is -0.486 e. The summed E-state index contributed by atoms with van der Waals surface area (Å²) in [6.07, 6.45) is 0.326. The van der Waals surface area contributed by atoms with Gasteiger partial charge in [-0.3, -0.25) is 4.79 Å². The van der Waals surface area contributed by atoms with E-state index in [2.05, 4.69) is 0 Å². The molecule has 1 heterocycles.